The van der Waals surface area contributed by atoms with Crippen molar-refractivity contribution in [3.8, 4) is 11.6 Å². The zero-order valence-electron chi connectivity index (χ0n) is 9.97. The molecule has 0 bridgehead atoms. The maximum Gasteiger partial charge on any atom is 0.243 e. The second-order valence-corrected chi connectivity index (χ2v) is 3.91. The number of nitrogens with two attached hydrogens (primary N) is 1. The van der Waals surface area contributed by atoms with Crippen LogP contribution in [0, 0.1) is 13.8 Å². The molecule has 0 saturated heterocycles. The molecule has 0 aliphatic rings. The van der Waals surface area contributed by atoms with Crippen molar-refractivity contribution >= 4 is 0 Å². The fourth-order valence-corrected chi connectivity index (χ4v) is 1.47. The van der Waals surface area contributed by atoms with E-state index in [0.29, 0.717) is 12.4 Å². The van der Waals surface area contributed by atoms with E-state index in [4.69, 9.17) is 10.5 Å². The third-order valence-corrected chi connectivity index (χ3v) is 2.68. The van der Waals surface area contributed by atoms with Crippen molar-refractivity contribution in [2.24, 2.45) is 5.73 Å². The first-order chi connectivity index (χ1) is 8.20. The highest BCUT2D eigenvalue weighted by atomic mass is 16.5. The summed E-state index contributed by atoms with van der Waals surface area (Å²) in [5.41, 5.74) is 8.87. The summed E-state index contributed by atoms with van der Waals surface area (Å²) in [5, 5.41) is 7.74. The van der Waals surface area contributed by atoms with Crippen molar-refractivity contribution in [1.82, 2.24) is 10.2 Å². The zero-order chi connectivity index (χ0) is 12.3. The second kappa shape index (κ2) is 4.93. The zero-order valence-corrected chi connectivity index (χ0v) is 9.97. The van der Waals surface area contributed by atoms with Gasteiger partial charge in [0.05, 0.1) is 6.20 Å². The molecule has 2 rings (SSSR count). The third-order valence-electron chi connectivity index (χ3n) is 2.68. The molecule has 0 unspecified atom stereocenters. The maximum absolute atomic E-state index is 5.68. The Balaban J connectivity index is 2.28. The minimum absolute atomic E-state index is 0.385. The number of hydrogen-bond acceptors (Lipinski definition) is 4. The lowest BCUT2D eigenvalue weighted by Crippen LogP contribution is -2.02. The van der Waals surface area contributed by atoms with Crippen LogP contribution in [-0.4, -0.2) is 10.2 Å². The van der Waals surface area contributed by atoms with Gasteiger partial charge in [-0.25, -0.2) is 0 Å². The van der Waals surface area contributed by atoms with Gasteiger partial charge in [-0.2, -0.15) is 5.10 Å². The van der Waals surface area contributed by atoms with Crippen LogP contribution >= 0.6 is 0 Å². The summed E-state index contributed by atoms with van der Waals surface area (Å²) in [5.74, 6) is 1.22. The summed E-state index contributed by atoms with van der Waals surface area (Å²) in [7, 11) is 0. The first kappa shape index (κ1) is 11.5. The summed E-state index contributed by atoms with van der Waals surface area (Å²) in [4.78, 5) is 0. The second-order valence-electron chi connectivity index (χ2n) is 3.91. The van der Waals surface area contributed by atoms with Crippen molar-refractivity contribution in [1.29, 1.82) is 0 Å². The van der Waals surface area contributed by atoms with Gasteiger partial charge in [-0.1, -0.05) is 6.07 Å². The van der Waals surface area contributed by atoms with Gasteiger partial charge in [0.15, 0.2) is 0 Å². The molecule has 4 heteroatoms. The van der Waals surface area contributed by atoms with Crippen molar-refractivity contribution in [3.05, 3.63) is 47.2 Å². The molecule has 0 saturated carbocycles. The van der Waals surface area contributed by atoms with Gasteiger partial charge in [0.1, 0.15) is 5.75 Å². The van der Waals surface area contributed by atoms with Crippen molar-refractivity contribution in [2.45, 2.75) is 20.4 Å². The Morgan fingerprint density at radius 1 is 1.18 bits per heavy atom. The van der Waals surface area contributed by atoms with Crippen LogP contribution in [0.25, 0.3) is 0 Å². The molecule has 4 nitrogen and oxygen atoms in total. The van der Waals surface area contributed by atoms with E-state index in [2.05, 4.69) is 17.1 Å². The topological polar surface area (TPSA) is 61.0 Å². The molecule has 0 radical (unpaired) electrons. The summed E-state index contributed by atoms with van der Waals surface area (Å²) in [6.45, 7) is 4.49. The van der Waals surface area contributed by atoms with E-state index in [1.807, 2.05) is 31.2 Å². The van der Waals surface area contributed by atoms with Crippen LogP contribution in [0.4, 0.5) is 0 Å². The minimum atomic E-state index is 0.385. The standard InChI is InChI=1S/C13H15N3O/c1-9-3-4-12(7-10(9)2)17-13-11(8-14)5-6-15-16-13/h3-7H,8,14H2,1-2H3. The lowest BCUT2D eigenvalue weighted by molar-refractivity contribution is 0.448. The summed E-state index contributed by atoms with van der Waals surface area (Å²) in [6, 6.07) is 7.72. The summed E-state index contributed by atoms with van der Waals surface area (Å²) in [6.07, 6.45) is 1.61. The molecule has 2 N–H and O–H groups in total. The third kappa shape index (κ3) is 2.60. The number of rotatable bonds is 3. The van der Waals surface area contributed by atoms with E-state index in [-0.39, 0.29) is 0 Å². The van der Waals surface area contributed by atoms with Gasteiger partial charge < -0.3 is 10.5 Å². The highest BCUT2D eigenvalue weighted by Crippen LogP contribution is 2.23. The van der Waals surface area contributed by atoms with Gasteiger partial charge >= 0.3 is 0 Å². The van der Waals surface area contributed by atoms with E-state index >= 15 is 0 Å². The molecule has 0 aliphatic carbocycles. The lowest BCUT2D eigenvalue weighted by Gasteiger charge is -2.09. The van der Waals surface area contributed by atoms with Crippen LogP contribution in [0.2, 0.25) is 0 Å². The smallest absolute Gasteiger partial charge is 0.243 e. The minimum Gasteiger partial charge on any atom is -0.437 e. The predicted octanol–water partition coefficient (Wildman–Crippen LogP) is 2.34. The van der Waals surface area contributed by atoms with E-state index in [1.165, 1.54) is 11.1 Å². The summed E-state index contributed by atoms with van der Waals surface area (Å²) >= 11 is 0. The fraction of sp³-hybridized carbons (Fsp3) is 0.231. The van der Waals surface area contributed by atoms with Gasteiger partial charge in [-0.3, -0.25) is 0 Å². The number of aromatic nitrogens is 2. The Labute approximate surface area is 100 Å². The maximum atomic E-state index is 5.68. The van der Waals surface area contributed by atoms with Crippen LogP contribution in [0.3, 0.4) is 0 Å². The molecule has 1 aromatic carbocycles. The van der Waals surface area contributed by atoms with Crippen molar-refractivity contribution in [2.75, 3.05) is 0 Å². The van der Waals surface area contributed by atoms with Gasteiger partial charge in [-0.15, -0.1) is 5.10 Å². The highest BCUT2D eigenvalue weighted by molar-refractivity contribution is 5.37. The Kier molecular flexibility index (Phi) is 3.35. The van der Waals surface area contributed by atoms with Gasteiger partial charge in [0.2, 0.25) is 5.88 Å². The van der Waals surface area contributed by atoms with Crippen molar-refractivity contribution < 1.29 is 4.74 Å². The van der Waals surface area contributed by atoms with Crippen molar-refractivity contribution in [3.63, 3.8) is 0 Å². The van der Waals surface area contributed by atoms with E-state index in [1.54, 1.807) is 6.20 Å². The van der Waals surface area contributed by atoms with Gasteiger partial charge in [0, 0.05) is 12.1 Å². The van der Waals surface area contributed by atoms with E-state index < -0.39 is 0 Å². The Hall–Kier alpha value is -1.94. The molecule has 0 fully saturated rings. The molecule has 88 valence electrons. The molecule has 0 spiro atoms. The molecular formula is C13H15N3O. The van der Waals surface area contributed by atoms with Crippen LogP contribution in [0.5, 0.6) is 11.6 Å². The molecular weight excluding hydrogens is 214 g/mol. The highest BCUT2D eigenvalue weighted by Gasteiger charge is 2.05. The number of aryl methyl sites for hydroxylation is 2. The van der Waals surface area contributed by atoms with Gasteiger partial charge in [-0.05, 0) is 43.2 Å². The number of hydrogen-bond donors (Lipinski definition) is 1. The molecule has 0 aliphatic heterocycles. The fourth-order valence-electron chi connectivity index (χ4n) is 1.47. The lowest BCUT2D eigenvalue weighted by atomic mass is 10.1. The van der Waals surface area contributed by atoms with Gasteiger partial charge in [0.25, 0.3) is 0 Å². The van der Waals surface area contributed by atoms with E-state index in [0.717, 1.165) is 11.3 Å². The number of ether oxygens (including phenoxy) is 1. The first-order valence-corrected chi connectivity index (χ1v) is 5.46. The largest absolute Gasteiger partial charge is 0.437 e. The van der Waals surface area contributed by atoms with Crippen LogP contribution in [0.1, 0.15) is 16.7 Å². The Morgan fingerprint density at radius 3 is 2.71 bits per heavy atom. The van der Waals surface area contributed by atoms with Crippen LogP contribution < -0.4 is 10.5 Å². The van der Waals surface area contributed by atoms with Crippen LogP contribution in [0.15, 0.2) is 30.5 Å². The average Bonchev–Trinajstić information content (AvgIpc) is 2.34. The van der Waals surface area contributed by atoms with Crippen LogP contribution in [-0.2, 0) is 6.54 Å². The molecule has 2 aromatic rings. The number of nitrogens with zero attached hydrogens (tertiary/aromatic N) is 2. The molecule has 1 heterocycles. The number of benzene rings is 1. The average molecular weight is 229 g/mol. The monoisotopic (exact) mass is 229 g/mol. The Morgan fingerprint density at radius 2 is 2.00 bits per heavy atom. The normalized spacial score (nSPS) is 10.3. The molecule has 0 atom stereocenters. The summed E-state index contributed by atoms with van der Waals surface area (Å²) < 4.78 is 5.68. The Bertz CT molecular complexity index is 526. The molecule has 0 amide bonds. The predicted molar refractivity (Wildman–Crippen MR) is 65.9 cm³/mol. The first-order valence-electron chi connectivity index (χ1n) is 5.46. The molecule has 17 heavy (non-hydrogen) atoms. The van der Waals surface area contributed by atoms with E-state index in [9.17, 15) is 0 Å². The SMILES string of the molecule is Cc1ccc(Oc2nnccc2CN)cc1C. The quantitative estimate of drug-likeness (QED) is 0.877. The molecule has 1 aromatic heterocycles.